The Morgan fingerprint density at radius 2 is 1.98 bits per heavy atom. The average Bonchev–Trinajstić information content (AvgIpc) is 3.68. The van der Waals surface area contributed by atoms with Gasteiger partial charge >= 0.3 is 5.97 Å². The van der Waals surface area contributed by atoms with Crippen LogP contribution in [0.3, 0.4) is 0 Å². The van der Waals surface area contributed by atoms with Crippen LogP contribution < -0.4 is 5.32 Å². The molecule has 4 aromatic rings. The van der Waals surface area contributed by atoms with E-state index >= 15 is 0 Å². The highest BCUT2D eigenvalue weighted by Gasteiger charge is 2.36. The lowest BCUT2D eigenvalue weighted by atomic mass is 9.94. The summed E-state index contributed by atoms with van der Waals surface area (Å²) in [5.74, 6) is -1.23. The lowest BCUT2D eigenvalue weighted by Crippen LogP contribution is -2.44. The highest BCUT2D eigenvalue weighted by atomic mass is 16.7. The summed E-state index contributed by atoms with van der Waals surface area (Å²) in [6.45, 7) is 5.44. The zero-order valence-corrected chi connectivity index (χ0v) is 24.3. The molecule has 2 N–H and O–H groups in total. The van der Waals surface area contributed by atoms with Crippen LogP contribution in [-0.4, -0.2) is 60.2 Å². The normalized spacial score (nSPS) is 15.9. The van der Waals surface area contributed by atoms with Gasteiger partial charge in [0.1, 0.15) is 17.7 Å². The van der Waals surface area contributed by atoms with Crippen LogP contribution in [0.2, 0.25) is 0 Å². The molecule has 1 aliphatic rings. The number of nitrogens with zero attached hydrogens (tertiary/aromatic N) is 6. The molecule has 5 rings (SSSR count). The summed E-state index contributed by atoms with van der Waals surface area (Å²) < 4.78 is 8.10. The van der Waals surface area contributed by atoms with Crippen molar-refractivity contribution in [3.05, 3.63) is 47.7 Å². The predicted molar refractivity (Wildman–Crippen MR) is 151 cm³/mol. The van der Waals surface area contributed by atoms with E-state index in [0.717, 1.165) is 42.1 Å². The maximum atomic E-state index is 13.8. The number of fused-ring (bicyclic) bond motifs is 1. The number of hydrogen-bond acceptors (Lipinski definition) is 9. The molecule has 12 nitrogen and oxygen atoms in total. The Balaban J connectivity index is 1.42. The molecule has 0 spiro atoms. The lowest BCUT2D eigenvalue weighted by Gasteiger charge is -2.31. The van der Waals surface area contributed by atoms with E-state index in [0.29, 0.717) is 29.6 Å². The van der Waals surface area contributed by atoms with Crippen molar-refractivity contribution in [2.45, 2.75) is 71.4 Å². The Labute approximate surface area is 238 Å². The van der Waals surface area contributed by atoms with Crippen molar-refractivity contribution in [3.8, 4) is 11.5 Å². The van der Waals surface area contributed by atoms with Crippen molar-refractivity contribution in [1.82, 2.24) is 40.6 Å². The van der Waals surface area contributed by atoms with E-state index in [1.54, 1.807) is 19.0 Å². The van der Waals surface area contributed by atoms with Gasteiger partial charge in [0, 0.05) is 43.7 Å². The molecule has 0 bridgehead atoms. The molecule has 3 heterocycles. The monoisotopic (exact) mass is 562 g/mol. The van der Waals surface area contributed by atoms with Crippen LogP contribution >= 0.6 is 0 Å². The second-order valence-electron chi connectivity index (χ2n) is 11.2. The number of benzene rings is 1. The summed E-state index contributed by atoms with van der Waals surface area (Å²) in [5, 5.41) is 19.9. The quantitative estimate of drug-likeness (QED) is 0.216. The first-order valence-corrected chi connectivity index (χ1v) is 14.2. The van der Waals surface area contributed by atoms with Crippen molar-refractivity contribution < 1.29 is 18.8 Å². The van der Waals surface area contributed by atoms with Crippen molar-refractivity contribution in [2.75, 3.05) is 7.05 Å². The van der Waals surface area contributed by atoms with Gasteiger partial charge in [-0.05, 0) is 42.5 Å². The molecule has 12 heteroatoms. The van der Waals surface area contributed by atoms with E-state index in [4.69, 9.17) is 9.25 Å². The van der Waals surface area contributed by atoms with Crippen molar-refractivity contribution in [2.24, 2.45) is 18.9 Å². The number of carbonyl (C=O) groups excluding carboxylic acids is 2. The number of amides is 1. The molecule has 0 aliphatic heterocycles. The lowest BCUT2D eigenvalue weighted by molar-refractivity contribution is -0.203. The first kappa shape index (κ1) is 28.5. The van der Waals surface area contributed by atoms with Gasteiger partial charge in [-0.25, -0.2) is 9.78 Å². The average molecular weight is 563 g/mol. The number of oxazole rings is 1. The van der Waals surface area contributed by atoms with Crippen molar-refractivity contribution in [3.63, 3.8) is 0 Å². The van der Waals surface area contributed by atoms with E-state index < -0.39 is 23.8 Å². The summed E-state index contributed by atoms with van der Waals surface area (Å²) in [4.78, 5) is 37.5. The number of hydroxylamine groups is 2. The molecule has 41 heavy (non-hydrogen) atoms. The summed E-state index contributed by atoms with van der Waals surface area (Å²) >= 11 is 0. The van der Waals surface area contributed by atoms with Crippen LogP contribution in [-0.2, 0) is 27.9 Å². The van der Waals surface area contributed by atoms with Crippen LogP contribution in [0.15, 0.2) is 34.9 Å². The van der Waals surface area contributed by atoms with Gasteiger partial charge in [-0.3, -0.25) is 4.79 Å². The number of carbonyl (C=O) groups is 2. The largest absolute Gasteiger partial charge is 0.443 e. The number of H-pyrrole nitrogens is 1. The van der Waals surface area contributed by atoms with E-state index in [1.165, 1.54) is 6.42 Å². The number of tetrazole rings is 1. The number of nitrogens with one attached hydrogen (secondary N) is 2. The highest BCUT2D eigenvalue weighted by Crippen LogP contribution is 2.30. The standard InChI is InChI=1S/C29H38N8O4/c1-17(2)24(29(39)41-37(5)20-11-7-6-8-12-20)27(38)30-22(15-19-16-36(4)23-14-10-9-13-21(19)23)28-31-25(18(3)40-28)26-32-34-35-33-26/h9-10,13-14,16-17,20,22,24H,6-8,11-12,15H2,1-5H3,(H,30,38)(H,32,33,34,35)/t22-,24+/m1/s1. The Morgan fingerprint density at radius 3 is 2.68 bits per heavy atom. The van der Waals surface area contributed by atoms with Gasteiger partial charge in [0.25, 0.3) is 0 Å². The number of aromatic nitrogens is 6. The fourth-order valence-electron chi connectivity index (χ4n) is 5.71. The maximum Gasteiger partial charge on any atom is 0.337 e. The van der Waals surface area contributed by atoms with E-state index in [2.05, 4.69) is 30.9 Å². The third-order valence-corrected chi connectivity index (χ3v) is 7.91. The van der Waals surface area contributed by atoms with Crippen LogP contribution in [0, 0.1) is 18.8 Å². The molecule has 2 atom stereocenters. The smallest absolute Gasteiger partial charge is 0.337 e. The number of aryl methyl sites for hydroxylation is 2. The van der Waals surface area contributed by atoms with Crippen LogP contribution in [0.4, 0.5) is 0 Å². The SMILES string of the molecule is Cc1oc([C@@H](Cc2cn(C)c3ccccc23)NC(=O)[C@@H](C(=O)ON(C)C2CCCCC2)C(C)C)nc1-c1nn[nH]n1. The van der Waals surface area contributed by atoms with Crippen molar-refractivity contribution in [1.29, 1.82) is 0 Å². The second kappa shape index (κ2) is 12.2. The van der Waals surface area contributed by atoms with Gasteiger partial charge in [-0.2, -0.15) is 5.21 Å². The Bertz CT molecular complexity index is 1490. The molecule has 0 radical (unpaired) electrons. The maximum absolute atomic E-state index is 13.8. The zero-order valence-electron chi connectivity index (χ0n) is 24.3. The molecule has 218 valence electrons. The van der Waals surface area contributed by atoms with Gasteiger partial charge in [0.15, 0.2) is 5.69 Å². The van der Waals surface area contributed by atoms with Crippen molar-refractivity contribution >= 4 is 22.8 Å². The predicted octanol–water partition coefficient (Wildman–Crippen LogP) is 4.05. The highest BCUT2D eigenvalue weighted by molar-refractivity contribution is 5.98. The summed E-state index contributed by atoms with van der Waals surface area (Å²) in [6, 6.07) is 7.56. The molecule has 1 amide bonds. The fraction of sp³-hybridized carbons (Fsp3) is 0.517. The van der Waals surface area contributed by atoms with Gasteiger partial charge in [-0.1, -0.05) is 51.3 Å². The number of para-hydroxylation sites is 1. The Morgan fingerprint density at radius 1 is 1.22 bits per heavy atom. The van der Waals surface area contributed by atoms with E-state index in [-0.39, 0.29) is 12.0 Å². The van der Waals surface area contributed by atoms with Crippen LogP contribution in [0.25, 0.3) is 22.4 Å². The zero-order chi connectivity index (χ0) is 29.1. The second-order valence-corrected chi connectivity index (χ2v) is 11.2. The molecule has 0 saturated heterocycles. The number of aromatic amines is 1. The minimum Gasteiger partial charge on any atom is -0.443 e. The van der Waals surface area contributed by atoms with Gasteiger partial charge in [0.05, 0.1) is 0 Å². The Hall–Kier alpha value is -4.06. The topological polar surface area (TPSA) is 144 Å². The minimum atomic E-state index is -1.01. The van der Waals surface area contributed by atoms with Gasteiger partial charge < -0.3 is 19.1 Å². The molecule has 1 aliphatic carbocycles. The number of rotatable bonds is 10. The minimum absolute atomic E-state index is 0.168. The fourth-order valence-corrected chi connectivity index (χ4v) is 5.71. The van der Waals surface area contributed by atoms with E-state index in [9.17, 15) is 9.59 Å². The molecule has 3 aromatic heterocycles. The summed E-state index contributed by atoms with van der Waals surface area (Å²) in [7, 11) is 3.76. The van der Waals surface area contributed by atoms with Crippen LogP contribution in [0.1, 0.15) is 69.2 Å². The molecular weight excluding hydrogens is 524 g/mol. The first-order valence-electron chi connectivity index (χ1n) is 14.2. The Kier molecular flexibility index (Phi) is 8.48. The first-order chi connectivity index (χ1) is 19.7. The number of hydrogen-bond donors (Lipinski definition) is 2. The molecule has 1 saturated carbocycles. The third kappa shape index (κ3) is 6.17. The molecule has 0 unspecified atom stereocenters. The van der Waals surface area contributed by atoms with E-state index in [1.807, 2.05) is 55.9 Å². The third-order valence-electron chi connectivity index (χ3n) is 7.91. The van der Waals surface area contributed by atoms with Crippen LogP contribution in [0.5, 0.6) is 0 Å². The molecule has 1 fully saturated rings. The summed E-state index contributed by atoms with van der Waals surface area (Å²) in [6.07, 6.45) is 7.79. The van der Waals surface area contributed by atoms with Gasteiger partial charge in [0.2, 0.25) is 17.6 Å². The molecule has 1 aromatic carbocycles. The molecular formula is C29H38N8O4. The summed E-state index contributed by atoms with van der Waals surface area (Å²) in [5.41, 5.74) is 2.50. The van der Waals surface area contributed by atoms with Gasteiger partial charge in [-0.15, -0.1) is 15.3 Å².